The van der Waals surface area contributed by atoms with Crippen molar-refractivity contribution in [2.75, 3.05) is 5.32 Å². The average Bonchev–Trinajstić information content (AvgIpc) is 3.25. The van der Waals surface area contributed by atoms with Crippen LogP contribution in [0, 0.1) is 11.3 Å². The monoisotopic (exact) mass is 328 g/mol. The van der Waals surface area contributed by atoms with Crippen LogP contribution < -0.4 is 5.32 Å². The van der Waals surface area contributed by atoms with Gasteiger partial charge in [0.1, 0.15) is 22.4 Å². The van der Waals surface area contributed by atoms with E-state index in [2.05, 4.69) is 15.5 Å². The van der Waals surface area contributed by atoms with Gasteiger partial charge in [-0.3, -0.25) is 10.1 Å². The van der Waals surface area contributed by atoms with Gasteiger partial charge in [0.2, 0.25) is 5.13 Å². The molecule has 2 heterocycles. The smallest absolute Gasteiger partial charge is 0.268 e. The van der Waals surface area contributed by atoms with Crippen LogP contribution in [0.3, 0.4) is 0 Å². The largest absolute Gasteiger partial charge is 0.465 e. The molecule has 2 aromatic heterocycles. The molecule has 1 N–H and O–H groups in total. The predicted octanol–water partition coefficient (Wildman–Crippen LogP) is 3.72. The van der Waals surface area contributed by atoms with Gasteiger partial charge in [0.25, 0.3) is 5.91 Å². The fraction of sp³-hybridized carbons (Fsp3) is 0.375. The first-order chi connectivity index (χ1) is 11.3. The maximum absolute atomic E-state index is 12.2. The quantitative estimate of drug-likeness (QED) is 0.682. The number of carbonyl (C=O) groups is 1. The highest BCUT2D eigenvalue weighted by molar-refractivity contribution is 7.15. The molecule has 6 nitrogen and oxygen atoms in total. The molecule has 1 amide bonds. The highest BCUT2D eigenvalue weighted by atomic mass is 32.1. The van der Waals surface area contributed by atoms with Crippen molar-refractivity contribution in [1.29, 1.82) is 5.26 Å². The van der Waals surface area contributed by atoms with Crippen LogP contribution in [0.2, 0.25) is 0 Å². The molecule has 2 aromatic rings. The third-order valence-corrected chi connectivity index (χ3v) is 4.81. The van der Waals surface area contributed by atoms with Crippen LogP contribution in [0.25, 0.3) is 6.08 Å². The van der Waals surface area contributed by atoms with Crippen LogP contribution in [-0.2, 0) is 4.79 Å². The van der Waals surface area contributed by atoms with E-state index in [9.17, 15) is 4.79 Å². The number of anilines is 1. The number of aromatic nitrogens is 2. The first kappa shape index (κ1) is 15.4. The van der Waals surface area contributed by atoms with Crippen molar-refractivity contribution in [3.8, 4) is 6.07 Å². The number of hydrogen-bond acceptors (Lipinski definition) is 6. The fourth-order valence-electron chi connectivity index (χ4n) is 2.63. The molecule has 1 aliphatic carbocycles. The van der Waals surface area contributed by atoms with Gasteiger partial charge in [-0.05, 0) is 25.0 Å². The maximum atomic E-state index is 12.2. The molecule has 0 spiro atoms. The molecule has 0 radical (unpaired) electrons. The van der Waals surface area contributed by atoms with E-state index in [1.165, 1.54) is 42.9 Å². The highest BCUT2D eigenvalue weighted by Crippen LogP contribution is 2.35. The fourth-order valence-corrected chi connectivity index (χ4v) is 3.54. The van der Waals surface area contributed by atoms with Crippen molar-refractivity contribution in [1.82, 2.24) is 10.2 Å². The second kappa shape index (κ2) is 7.20. The summed E-state index contributed by atoms with van der Waals surface area (Å²) in [5, 5.41) is 21.4. The molecule has 0 saturated heterocycles. The maximum Gasteiger partial charge on any atom is 0.268 e. The molecule has 1 fully saturated rings. The lowest BCUT2D eigenvalue weighted by Gasteiger charge is -2.18. The number of hydrogen-bond donors (Lipinski definition) is 1. The van der Waals surface area contributed by atoms with Crippen molar-refractivity contribution in [2.24, 2.45) is 0 Å². The molecular formula is C16H16N4O2S. The van der Waals surface area contributed by atoms with Crippen LogP contribution in [0.5, 0.6) is 0 Å². The van der Waals surface area contributed by atoms with Crippen LogP contribution in [0.1, 0.15) is 48.8 Å². The number of amides is 1. The topological polar surface area (TPSA) is 91.8 Å². The molecule has 7 heteroatoms. The molecule has 23 heavy (non-hydrogen) atoms. The molecule has 0 aliphatic heterocycles. The van der Waals surface area contributed by atoms with E-state index < -0.39 is 5.91 Å². The standard InChI is InChI=1S/C16H16N4O2S/c17-10-12(9-13-7-4-8-22-13)14(21)18-16-20-19-15(23-16)11-5-2-1-3-6-11/h4,7-9,11H,1-3,5-6H2,(H,18,20,21)/b12-9-. The van der Waals surface area contributed by atoms with E-state index in [0.29, 0.717) is 16.8 Å². The van der Waals surface area contributed by atoms with E-state index in [-0.39, 0.29) is 5.57 Å². The lowest BCUT2D eigenvalue weighted by Crippen LogP contribution is -2.13. The molecule has 1 saturated carbocycles. The van der Waals surface area contributed by atoms with Gasteiger partial charge in [-0.15, -0.1) is 10.2 Å². The molecule has 1 aliphatic rings. The zero-order chi connectivity index (χ0) is 16.1. The summed E-state index contributed by atoms with van der Waals surface area (Å²) in [6.07, 6.45) is 8.86. The van der Waals surface area contributed by atoms with Crippen LogP contribution in [0.4, 0.5) is 5.13 Å². The summed E-state index contributed by atoms with van der Waals surface area (Å²) in [4.78, 5) is 12.2. The minimum Gasteiger partial charge on any atom is -0.465 e. The summed E-state index contributed by atoms with van der Waals surface area (Å²) >= 11 is 1.39. The highest BCUT2D eigenvalue weighted by Gasteiger charge is 2.20. The third-order valence-electron chi connectivity index (χ3n) is 3.81. The second-order valence-corrected chi connectivity index (χ2v) is 6.43. The van der Waals surface area contributed by atoms with Gasteiger partial charge >= 0.3 is 0 Å². The Labute approximate surface area is 137 Å². The van der Waals surface area contributed by atoms with E-state index in [1.807, 2.05) is 6.07 Å². The second-order valence-electron chi connectivity index (χ2n) is 5.42. The van der Waals surface area contributed by atoms with Crippen LogP contribution in [0.15, 0.2) is 28.4 Å². The summed E-state index contributed by atoms with van der Waals surface area (Å²) < 4.78 is 5.12. The number of nitrogens with zero attached hydrogens (tertiary/aromatic N) is 3. The Bertz CT molecular complexity index is 736. The van der Waals surface area contributed by atoms with Crippen molar-refractivity contribution in [2.45, 2.75) is 38.0 Å². The Morgan fingerprint density at radius 1 is 1.39 bits per heavy atom. The molecule has 0 bridgehead atoms. The summed E-state index contributed by atoms with van der Waals surface area (Å²) in [5.74, 6) is 0.396. The number of furan rings is 1. The Morgan fingerprint density at radius 3 is 2.91 bits per heavy atom. The predicted molar refractivity (Wildman–Crippen MR) is 86.7 cm³/mol. The van der Waals surface area contributed by atoms with E-state index in [1.54, 1.807) is 12.1 Å². The van der Waals surface area contributed by atoms with Crippen LogP contribution in [-0.4, -0.2) is 16.1 Å². The minimum absolute atomic E-state index is 0.0330. The summed E-state index contributed by atoms with van der Waals surface area (Å²) in [6, 6.07) is 5.25. The number of carbonyl (C=O) groups excluding carboxylic acids is 1. The van der Waals surface area contributed by atoms with Gasteiger partial charge in [-0.25, -0.2) is 0 Å². The molecule has 0 atom stereocenters. The summed E-state index contributed by atoms with van der Waals surface area (Å²) in [6.45, 7) is 0. The Hall–Kier alpha value is -2.46. The lowest BCUT2D eigenvalue weighted by molar-refractivity contribution is -0.112. The SMILES string of the molecule is N#C/C(=C/c1ccco1)C(=O)Nc1nnc(C2CCCCC2)s1. The van der Waals surface area contributed by atoms with Gasteiger partial charge in [0, 0.05) is 12.0 Å². The first-order valence-corrected chi connectivity index (χ1v) is 8.38. The molecule has 0 unspecified atom stereocenters. The van der Waals surface area contributed by atoms with Gasteiger partial charge in [-0.2, -0.15) is 5.26 Å². The van der Waals surface area contributed by atoms with Gasteiger partial charge in [0.15, 0.2) is 0 Å². The van der Waals surface area contributed by atoms with Gasteiger partial charge in [0.05, 0.1) is 6.26 Å². The zero-order valence-corrected chi connectivity index (χ0v) is 13.3. The van der Waals surface area contributed by atoms with Crippen molar-refractivity contribution in [3.05, 3.63) is 34.7 Å². The lowest BCUT2D eigenvalue weighted by atomic mass is 9.90. The minimum atomic E-state index is -0.504. The molecule has 118 valence electrons. The van der Waals surface area contributed by atoms with Gasteiger partial charge < -0.3 is 4.42 Å². The number of rotatable bonds is 4. The van der Waals surface area contributed by atoms with Crippen LogP contribution >= 0.6 is 11.3 Å². The third kappa shape index (κ3) is 3.85. The Morgan fingerprint density at radius 2 is 2.22 bits per heavy atom. The van der Waals surface area contributed by atoms with E-state index in [0.717, 1.165) is 17.8 Å². The van der Waals surface area contributed by atoms with Crippen molar-refractivity contribution >= 4 is 28.5 Å². The van der Waals surface area contributed by atoms with Crippen molar-refractivity contribution < 1.29 is 9.21 Å². The molecular weight excluding hydrogens is 312 g/mol. The average molecular weight is 328 g/mol. The van der Waals surface area contributed by atoms with E-state index >= 15 is 0 Å². The normalized spacial score (nSPS) is 16.0. The first-order valence-electron chi connectivity index (χ1n) is 7.56. The molecule has 0 aromatic carbocycles. The molecule has 3 rings (SSSR count). The van der Waals surface area contributed by atoms with Gasteiger partial charge in [-0.1, -0.05) is 30.6 Å². The van der Waals surface area contributed by atoms with E-state index in [4.69, 9.17) is 9.68 Å². The number of nitrogens with one attached hydrogen (secondary N) is 1. The zero-order valence-electron chi connectivity index (χ0n) is 12.5. The summed E-state index contributed by atoms with van der Waals surface area (Å²) in [5.41, 5.74) is -0.0330. The van der Waals surface area contributed by atoms with Crippen molar-refractivity contribution in [3.63, 3.8) is 0 Å². The Kier molecular flexibility index (Phi) is 4.83. The number of nitriles is 1. The summed E-state index contributed by atoms with van der Waals surface area (Å²) in [7, 11) is 0. The Balaban J connectivity index is 1.68.